The number of carboxylic acid groups (broad SMARTS) is 2. The smallest absolute Gasteiger partial charge is 0.326 e. The number of rotatable bonds is 55. The fraction of sp³-hybridized carbons (Fsp3) is 0.769. The van der Waals surface area contributed by atoms with Crippen LogP contribution in [-0.2, 0) is 68.5 Å². The third kappa shape index (κ3) is 45.6. The first-order valence-electron chi connectivity index (χ1n) is 32.9. The van der Waals surface area contributed by atoms with Gasteiger partial charge in [0.25, 0.3) is 0 Å². The van der Waals surface area contributed by atoms with Crippen molar-refractivity contribution in [1.29, 1.82) is 0 Å². The highest BCUT2D eigenvalue weighted by atomic mass is 16.5. The van der Waals surface area contributed by atoms with E-state index in [1.807, 2.05) is 31.2 Å². The van der Waals surface area contributed by atoms with Crippen LogP contribution < -0.4 is 43.0 Å². The summed E-state index contributed by atoms with van der Waals surface area (Å²) in [5.41, 5.74) is 7.63. The molecule has 0 unspecified atom stereocenters. The average Bonchev–Trinajstić information content (AvgIpc) is 3.54. The molecule has 1 aliphatic carbocycles. The topological polar surface area (TPSA) is 341 Å². The first-order chi connectivity index (χ1) is 42.5. The summed E-state index contributed by atoms with van der Waals surface area (Å²) in [7, 11) is 1.72. The molecule has 23 nitrogen and oxygen atoms in total. The molecule has 0 radical (unpaired) electrons. The molecule has 0 bridgehead atoms. The molecular formula is C65H114N8O15. The van der Waals surface area contributed by atoms with Crippen LogP contribution in [0.1, 0.15) is 198 Å². The van der Waals surface area contributed by atoms with E-state index < -0.39 is 29.9 Å². The minimum Gasteiger partial charge on any atom is -0.481 e. The molecule has 11 N–H and O–H groups in total. The number of amides is 6. The minimum atomic E-state index is -0.985. The van der Waals surface area contributed by atoms with E-state index in [2.05, 4.69) is 37.2 Å². The molecule has 3 atom stereocenters. The number of ketones is 1. The predicted octanol–water partition coefficient (Wildman–Crippen LogP) is 6.13. The van der Waals surface area contributed by atoms with E-state index in [1.165, 1.54) is 77.0 Å². The lowest BCUT2D eigenvalue weighted by Gasteiger charge is -2.28. The van der Waals surface area contributed by atoms with Crippen molar-refractivity contribution in [3.63, 3.8) is 0 Å². The van der Waals surface area contributed by atoms with Gasteiger partial charge in [0, 0.05) is 51.4 Å². The second-order valence-electron chi connectivity index (χ2n) is 22.9. The number of aryl methyl sites for hydroxylation is 1. The van der Waals surface area contributed by atoms with Gasteiger partial charge in [-0.3, -0.25) is 43.7 Å². The molecule has 0 spiro atoms. The Balaban J connectivity index is 0.000000895. The van der Waals surface area contributed by atoms with E-state index in [0.717, 1.165) is 62.5 Å². The number of carbonyl (C=O) groups is 9. The SMILES string of the molecule is CCC(=O)NCCOCCOCC(=O)NCCOCCOCC(=O)NCCCC[C@H](NC)C(=O)CN[C@@H](Cc1ccc(C)cc1)C(N)=O.CC[C@H](NC(=O)C1CCC(CNC(=O)CCCCCCCCCCCCCCCCCCC(=O)O)CC1)C(=O)O. The minimum absolute atomic E-state index is 0.0210. The Hall–Kier alpha value is -5.59. The second-order valence-corrected chi connectivity index (χ2v) is 22.9. The number of benzene rings is 1. The number of ether oxygens (including phenoxy) is 4. The predicted molar refractivity (Wildman–Crippen MR) is 339 cm³/mol. The zero-order valence-electron chi connectivity index (χ0n) is 54.0. The van der Waals surface area contributed by atoms with Gasteiger partial charge >= 0.3 is 11.9 Å². The maximum absolute atomic E-state index is 12.7. The molecule has 0 heterocycles. The molecule has 1 aromatic carbocycles. The standard InChI is InChI=1S/C33H56N6O9.C32H58N2O6/c1-4-30(41)37-13-15-45-17-20-48-24-32(43)38-14-16-46-18-19-47-23-31(42)36-12-6-5-7-27(35-3)29(40)22-39-28(33(34)44)21-26-10-8-25(2)9-11-26;1-2-28(32(39)40)34-31(38)27-23-21-26(22-24-27)25-33-29(35)19-17-15-13-11-9-7-5-3-4-6-8-10-12-14-16-18-20-30(36)37/h8-11,27-28,35,39H,4-7,12-24H2,1-3H3,(H2,34,44)(H,36,42)(H,37,41)(H,38,43);26-28H,2-25H2,1H3,(H,33,35)(H,34,38)(H,36,37)(H,39,40)/t27-,28-;26?,27?,28-/m00/s1. The summed E-state index contributed by atoms with van der Waals surface area (Å²) in [6.07, 6.45) is 26.7. The maximum atomic E-state index is 12.7. The van der Waals surface area contributed by atoms with E-state index in [4.69, 9.17) is 34.9 Å². The summed E-state index contributed by atoms with van der Waals surface area (Å²) in [5.74, 6) is -2.52. The van der Waals surface area contributed by atoms with Gasteiger partial charge in [0.1, 0.15) is 19.3 Å². The first kappa shape index (κ1) is 80.4. The van der Waals surface area contributed by atoms with Gasteiger partial charge in [-0.15, -0.1) is 0 Å². The van der Waals surface area contributed by atoms with E-state index >= 15 is 0 Å². The molecule has 2 rings (SSSR count). The number of nitrogens with one attached hydrogen (secondary N) is 7. The fourth-order valence-corrected chi connectivity index (χ4v) is 9.91. The van der Waals surface area contributed by atoms with Gasteiger partial charge in [-0.25, -0.2) is 4.79 Å². The molecule has 0 saturated heterocycles. The zero-order valence-corrected chi connectivity index (χ0v) is 54.0. The van der Waals surface area contributed by atoms with Gasteiger partial charge in [0.15, 0.2) is 5.78 Å². The van der Waals surface area contributed by atoms with Crippen LogP contribution in [0, 0.1) is 18.8 Å². The van der Waals surface area contributed by atoms with E-state index in [1.54, 1.807) is 20.9 Å². The van der Waals surface area contributed by atoms with Crippen LogP contribution >= 0.6 is 0 Å². The van der Waals surface area contributed by atoms with Crippen molar-refractivity contribution in [3.8, 4) is 0 Å². The number of hydrogen-bond acceptors (Lipinski definition) is 15. The van der Waals surface area contributed by atoms with Gasteiger partial charge in [-0.2, -0.15) is 0 Å². The largest absolute Gasteiger partial charge is 0.481 e. The van der Waals surface area contributed by atoms with Crippen molar-refractivity contribution in [2.24, 2.45) is 17.6 Å². The fourth-order valence-electron chi connectivity index (χ4n) is 9.91. The molecule has 88 heavy (non-hydrogen) atoms. The molecule has 0 aliphatic heterocycles. The summed E-state index contributed by atoms with van der Waals surface area (Å²) in [4.78, 5) is 106. The van der Waals surface area contributed by atoms with E-state index in [9.17, 15) is 43.2 Å². The van der Waals surface area contributed by atoms with Crippen molar-refractivity contribution < 1.29 is 72.3 Å². The number of unbranched alkanes of at least 4 members (excludes halogenated alkanes) is 16. The molecule has 6 amide bonds. The summed E-state index contributed by atoms with van der Waals surface area (Å²) < 4.78 is 21.2. The average molecular weight is 1250 g/mol. The number of primary amides is 1. The summed E-state index contributed by atoms with van der Waals surface area (Å²) >= 11 is 0. The number of carbonyl (C=O) groups excluding carboxylic acids is 7. The van der Waals surface area contributed by atoms with Crippen molar-refractivity contribution in [2.45, 2.75) is 219 Å². The Labute approximate surface area is 525 Å². The van der Waals surface area contributed by atoms with Crippen molar-refractivity contribution >= 4 is 53.2 Å². The third-order valence-corrected chi connectivity index (χ3v) is 15.4. The number of nitrogens with two attached hydrogens (primary N) is 1. The number of Topliss-reactive ketones (excluding diaryl/α,β-unsaturated/α-hetero) is 1. The lowest BCUT2D eigenvalue weighted by molar-refractivity contribution is -0.142. The number of hydrogen-bond donors (Lipinski definition) is 10. The lowest BCUT2D eigenvalue weighted by Crippen LogP contribution is -2.48. The third-order valence-electron chi connectivity index (χ3n) is 15.4. The zero-order chi connectivity index (χ0) is 64.8. The summed E-state index contributed by atoms with van der Waals surface area (Å²) in [6, 6.07) is 5.99. The monoisotopic (exact) mass is 1250 g/mol. The highest BCUT2D eigenvalue weighted by Crippen LogP contribution is 2.29. The summed E-state index contributed by atoms with van der Waals surface area (Å²) in [6.45, 7) is 9.01. The Morgan fingerprint density at radius 3 is 1.51 bits per heavy atom. The lowest BCUT2D eigenvalue weighted by atomic mass is 9.81. The highest BCUT2D eigenvalue weighted by molar-refractivity contribution is 5.87. The molecule has 1 saturated carbocycles. The van der Waals surface area contributed by atoms with Crippen molar-refractivity contribution in [1.82, 2.24) is 37.2 Å². The molecule has 1 fully saturated rings. The summed E-state index contributed by atoms with van der Waals surface area (Å²) in [5, 5.41) is 37.6. The Kier molecular flexibility index (Phi) is 49.7. The first-order valence-corrected chi connectivity index (χ1v) is 32.9. The molecule has 504 valence electrons. The van der Waals surface area contributed by atoms with Crippen LogP contribution in [0.5, 0.6) is 0 Å². The quantitative estimate of drug-likeness (QED) is 0.0328. The molecular weight excluding hydrogens is 1130 g/mol. The van der Waals surface area contributed by atoms with Crippen LogP contribution in [-0.4, -0.2) is 174 Å². The Morgan fingerprint density at radius 2 is 1.03 bits per heavy atom. The van der Waals surface area contributed by atoms with Gasteiger partial charge in [-0.1, -0.05) is 134 Å². The molecule has 23 heteroatoms. The van der Waals surface area contributed by atoms with Crippen molar-refractivity contribution in [3.05, 3.63) is 35.4 Å². The van der Waals surface area contributed by atoms with Crippen molar-refractivity contribution in [2.75, 3.05) is 92.6 Å². The van der Waals surface area contributed by atoms with E-state index in [-0.39, 0.29) is 86.9 Å². The highest BCUT2D eigenvalue weighted by Gasteiger charge is 2.29. The Morgan fingerprint density at radius 1 is 0.545 bits per heavy atom. The van der Waals surface area contributed by atoms with Crippen LogP contribution in [0.3, 0.4) is 0 Å². The molecule has 1 aromatic rings. The Bertz CT molecular complexity index is 2060. The molecule has 0 aromatic heterocycles. The number of carboxylic acids is 2. The van der Waals surface area contributed by atoms with Gasteiger partial charge in [0.2, 0.25) is 35.4 Å². The van der Waals surface area contributed by atoms with Gasteiger partial charge in [-0.05, 0) is 96.1 Å². The van der Waals surface area contributed by atoms with Crippen LogP contribution in [0.25, 0.3) is 0 Å². The van der Waals surface area contributed by atoms with E-state index in [0.29, 0.717) is 103 Å². The van der Waals surface area contributed by atoms with Gasteiger partial charge < -0.3 is 66.8 Å². The molecule has 1 aliphatic rings. The number of likely N-dealkylation sites (N-methyl/N-ethyl adjacent to an activating group) is 1. The van der Waals surface area contributed by atoms with Gasteiger partial charge in [0.05, 0.1) is 58.3 Å². The van der Waals surface area contributed by atoms with Crippen LogP contribution in [0.4, 0.5) is 0 Å². The van der Waals surface area contributed by atoms with Crippen LogP contribution in [0.15, 0.2) is 24.3 Å². The van der Waals surface area contributed by atoms with Crippen LogP contribution in [0.2, 0.25) is 0 Å². The maximum Gasteiger partial charge on any atom is 0.326 e. The second kappa shape index (κ2) is 54.4. The normalized spacial score (nSPS) is 14.7. The number of aliphatic carboxylic acids is 2.